The van der Waals surface area contributed by atoms with Crippen LogP contribution in [0.1, 0.15) is 18.2 Å². The van der Waals surface area contributed by atoms with Gasteiger partial charge in [0.1, 0.15) is 11.5 Å². The maximum atomic E-state index is 13.4. The van der Waals surface area contributed by atoms with Crippen LogP contribution < -0.4 is 5.73 Å². The van der Waals surface area contributed by atoms with Gasteiger partial charge in [0.05, 0.1) is 24.7 Å². The Bertz CT molecular complexity index is 1070. The predicted molar refractivity (Wildman–Crippen MR) is 102 cm³/mol. The van der Waals surface area contributed by atoms with E-state index in [0.717, 1.165) is 11.1 Å². The number of primary amides is 1. The third kappa shape index (κ3) is 3.54. The van der Waals surface area contributed by atoms with Crippen molar-refractivity contribution in [3.05, 3.63) is 60.3 Å². The minimum atomic E-state index is -1.09. The minimum Gasteiger partial charge on any atom is -0.465 e. The monoisotopic (exact) mass is 395 g/mol. The number of hydrogen-bond donors (Lipinski definition) is 2. The number of benzene rings is 1. The highest BCUT2D eigenvalue weighted by Gasteiger charge is 2.34. The van der Waals surface area contributed by atoms with Gasteiger partial charge in [0.2, 0.25) is 5.91 Å². The first kappa shape index (κ1) is 18.6. The Kier molecular flexibility index (Phi) is 4.71. The molecule has 3 N–H and O–H groups in total. The number of carbonyl (C=O) groups excluding carboxylic acids is 1. The molecule has 1 unspecified atom stereocenters. The number of nitrogens with zero attached hydrogens (tertiary/aromatic N) is 4. The number of fused-ring (bicyclic) bond motifs is 1. The van der Waals surface area contributed by atoms with Gasteiger partial charge in [0.15, 0.2) is 0 Å². The number of nitrogens with two attached hydrogens (primary N) is 1. The normalized spacial score (nSPS) is 15.8. The minimum absolute atomic E-state index is 0.0445. The molecule has 148 valence electrons. The number of pyridine rings is 1. The second-order valence-electron chi connectivity index (χ2n) is 6.85. The van der Waals surface area contributed by atoms with Crippen molar-refractivity contribution in [1.29, 1.82) is 0 Å². The zero-order chi connectivity index (χ0) is 20.5. The summed E-state index contributed by atoms with van der Waals surface area (Å²) in [7, 11) is 0. The molecule has 3 aromatic rings. The fraction of sp³-hybridized carbons (Fsp3) is 0.200. The second kappa shape index (κ2) is 7.34. The Labute approximate surface area is 165 Å². The van der Waals surface area contributed by atoms with E-state index in [4.69, 9.17) is 10.8 Å². The molecule has 4 rings (SSSR count). The van der Waals surface area contributed by atoms with Crippen LogP contribution in [-0.4, -0.2) is 43.3 Å². The van der Waals surface area contributed by atoms with E-state index in [1.165, 1.54) is 17.0 Å². The van der Waals surface area contributed by atoms with Crippen LogP contribution in [0.5, 0.6) is 0 Å². The predicted octanol–water partition coefficient (Wildman–Crippen LogP) is 2.66. The quantitative estimate of drug-likeness (QED) is 0.705. The third-order valence-electron chi connectivity index (χ3n) is 4.92. The van der Waals surface area contributed by atoms with Gasteiger partial charge in [-0.25, -0.2) is 9.18 Å². The van der Waals surface area contributed by atoms with Crippen molar-refractivity contribution in [2.75, 3.05) is 6.54 Å². The Balaban J connectivity index is 1.94. The molecular formula is C20H18FN5O3. The summed E-state index contributed by atoms with van der Waals surface area (Å²) in [6.07, 6.45) is 2.13. The van der Waals surface area contributed by atoms with Gasteiger partial charge in [-0.15, -0.1) is 0 Å². The summed E-state index contributed by atoms with van der Waals surface area (Å²) >= 11 is 0. The van der Waals surface area contributed by atoms with Gasteiger partial charge in [-0.1, -0.05) is 0 Å². The fourth-order valence-electron chi connectivity index (χ4n) is 3.66. The van der Waals surface area contributed by atoms with Crippen LogP contribution in [0.3, 0.4) is 0 Å². The molecule has 9 heteroatoms. The summed E-state index contributed by atoms with van der Waals surface area (Å²) in [5, 5.41) is 14.3. The molecule has 0 spiro atoms. The van der Waals surface area contributed by atoms with Gasteiger partial charge in [-0.05, 0) is 42.0 Å². The highest BCUT2D eigenvalue weighted by molar-refractivity contribution is 5.83. The molecule has 1 aromatic carbocycles. The van der Waals surface area contributed by atoms with Gasteiger partial charge < -0.3 is 15.7 Å². The lowest BCUT2D eigenvalue weighted by molar-refractivity contribution is -0.119. The van der Waals surface area contributed by atoms with Crippen LogP contribution in [0.25, 0.3) is 22.4 Å². The average Bonchev–Trinajstić information content (AvgIpc) is 3.08. The summed E-state index contributed by atoms with van der Waals surface area (Å²) in [6, 6.07) is 8.99. The van der Waals surface area contributed by atoms with E-state index >= 15 is 0 Å². The van der Waals surface area contributed by atoms with Crippen molar-refractivity contribution in [2.24, 2.45) is 5.73 Å². The second-order valence-corrected chi connectivity index (χ2v) is 6.85. The van der Waals surface area contributed by atoms with E-state index < -0.39 is 18.0 Å². The van der Waals surface area contributed by atoms with E-state index in [9.17, 15) is 19.1 Å². The molecule has 1 aliphatic heterocycles. The lowest BCUT2D eigenvalue weighted by Gasteiger charge is -2.32. The van der Waals surface area contributed by atoms with Gasteiger partial charge in [-0.3, -0.25) is 14.5 Å². The lowest BCUT2D eigenvalue weighted by Crippen LogP contribution is -2.42. The van der Waals surface area contributed by atoms with Crippen molar-refractivity contribution in [3.8, 4) is 22.4 Å². The zero-order valence-electron chi connectivity index (χ0n) is 15.3. The number of amides is 2. The summed E-state index contributed by atoms with van der Waals surface area (Å²) in [6.45, 7) is 0.210. The smallest absolute Gasteiger partial charge is 0.407 e. The van der Waals surface area contributed by atoms with E-state index in [0.29, 0.717) is 17.0 Å². The van der Waals surface area contributed by atoms with Crippen molar-refractivity contribution in [3.63, 3.8) is 0 Å². The van der Waals surface area contributed by atoms with Gasteiger partial charge >= 0.3 is 6.09 Å². The zero-order valence-corrected chi connectivity index (χ0v) is 15.3. The number of hydrogen-bond acceptors (Lipinski definition) is 4. The van der Waals surface area contributed by atoms with E-state index in [-0.39, 0.29) is 25.3 Å². The molecule has 1 aliphatic rings. The third-order valence-corrected chi connectivity index (χ3v) is 4.92. The molecule has 0 saturated heterocycles. The Hall–Kier alpha value is -3.75. The number of aromatic nitrogens is 3. The fourth-order valence-corrected chi connectivity index (χ4v) is 3.66. The molecule has 0 fully saturated rings. The van der Waals surface area contributed by atoms with Gasteiger partial charge in [0.25, 0.3) is 0 Å². The number of carbonyl (C=O) groups is 2. The van der Waals surface area contributed by atoms with Crippen LogP contribution >= 0.6 is 0 Å². The maximum Gasteiger partial charge on any atom is 0.407 e. The Morgan fingerprint density at radius 1 is 1.14 bits per heavy atom. The highest BCUT2D eigenvalue weighted by Crippen LogP contribution is 2.39. The van der Waals surface area contributed by atoms with Crippen LogP contribution in [-0.2, 0) is 11.3 Å². The maximum absolute atomic E-state index is 13.4. The standard InChI is InChI=1S/C20H18FN5O3/c21-14-3-1-13(2-4-14)19-18(12-5-7-23-8-6-12)16-11-25(20(28)29)10-15(9-17(22)27)26(16)24-19/h1-8,15H,9-11H2,(H2,22,27)(H,28,29). The van der Waals surface area contributed by atoms with E-state index in [2.05, 4.69) is 4.98 Å². The van der Waals surface area contributed by atoms with Crippen molar-refractivity contribution >= 4 is 12.0 Å². The van der Waals surface area contributed by atoms with Crippen molar-refractivity contribution < 1.29 is 19.1 Å². The molecule has 1 atom stereocenters. The summed E-state index contributed by atoms with van der Waals surface area (Å²) in [4.78, 5) is 28.6. The lowest BCUT2D eigenvalue weighted by atomic mass is 9.98. The first-order valence-corrected chi connectivity index (χ1v) is 8.98. The van der Waals surface area contributed by atoms with Crippen LogP contribution in [0.2, 0.25) is 0 Å². The SMILES string of the molecule is NC(=O)CC1CN(C(=O)O)Cc2c(-c3ccncc3)c(-c3ccc(F)cc3)nn21. The molecule has 2 amide bonds. The topological polar surface area (TPSA) is 114 Å². The summed E-state index contributed by atoms with van der Waals surface area (Å²) in [5.41, 5.74) is 8.81. The van der Waals surface area contributed by atoms with Crippen molar-refractivity contribution in [2.45, 2.75) is 19.0 Å². The van der Waals surface area contributed by atoms with Crippen LogP contribution in [0.4, 0.5) is 9.18 Å². The van der Waals surface area contributed by atoms with Crippen molar-refractivity contribution in [1.82, 2.24) is 19.7 Å². The summed E-state index contributed by atoms with van der Waals surface area (Å²) in [5.74, 6) is -0.913. The summed E-state index contributed by atoms with van der Waals surface area (Å²) < 4.78 is 15.1. The largest absolute Gasteiger partial charge is 0.465 e. The molecular weight excluding hydrogens is 377 g/mol. The van der Waals surface area contributed by atoms with E-state index in [1.807, 2.05) is 0 Å². The first-order valence-electron chi connectivity index (χ1n) is 8.98. The molecule has 29 heavy (non-hydrogen) atoms. The number of halogens is 1. The Morgan fingerprint density at radius 2 is 1.83 bits per heavy atom. The highest BCUT2D eigenvalue weighted by atomic mass is 19.1. The molecule has 0 bridgehead atoms. The number of carboxylic acid groups (broad SMARTS) is 1. The Morgan fingerprint density at radius 3 is 2.45 bits per heavy atom. The van der Waals surface area contributed by atoms with Crippen LogP contribution in [0.15, 0.2) is 48.8 Å². The molecule has 0 radical (unpaired) electrons. The van der Waals surface area contributed by atoms with Crippen LogP contribution in [0, 0.1) is 5.82 Å². The van der Waals surface area contributed by atoms with E-state index in [1.54, 1.807) is 41.3 Å². The molecule has 0 aliphatic carbocycles. The van der Waals surface area contributed by atoms with Gasteiger partial charge in [0, 0.05) is 30.1 Å². The average molecular weight is 395 g/mol. The number of rotatable bonds is 4. The molecule has 0 saturated carbocycles. The molecule has 2 aromatic heterocycles. The molecule has 8 nitrogen and oxygen atoms in total. The molecule has 3 heterocycles. The first-order chi connectivity index (χ1) is 13.9. The van der Waals surface area contributed by atoms with Gasteiger partial charge in [-0.2, -0.15) is 5.10 Å².